The first-order chi connectivity index (χ1) is 10.8. The number of carbonyl (C=O) groups is 1. The Balaban J connectivity index is 2.02. The molecule has 0 fully saturated rings. The zero-order chi connectivity index (χ0) is 17.0. The molecule has 0 aliphatic carbocycles. The van der Waals surface area contributed by atoms with Crippen LogP contribution >= 0.6 is 0 Å². The van der Waals surface area contributed by atoms with E-state index in [-0.39, 0.29) is 17.6 Å². The lowest BCUT2D eigenvalue weighted by atomic mass is 10.2. The zero-order valence-corrected chi connectivity index (χ0v) is 12.5. The van der Waals surface area contributed by atoms with Gasteiger partial charge in [0.25, 0.3) is 0 Å². The van der Waals surface area contributed by atoms with Crippen molar-refractivity contribution >= 4 is 23.1 Å². The number of hydrogen-bond donors (Lipinski definition) is 2. The van der Waals surface area contributed by atoms with Gasteiger partial charge in [-0.1, -0.05) is 13.8 Å². The van der Waals surface area contributed by atoms with Gasteiger partial charge >= 0.3 is 6.18 Å². The van der Waals surface area contributed by atoms with Gasteiger partial charge in [0.15, 0.2) is 11.5 Å². The minimum absolute atomic E-state index is 0.0979. The molecule has 0 aliphatic rings. The van der Waals surface area contributed by atoms with Crippen LogP contribution in [0.25, 0.3) is 0 Å². The molecule has 122 valence electrons. The van der Waals surface area contributed by atoms with E-state index in [1.165, 1.54) is 6.07 Å². The lowest BCUT2D eigenvalue weighted by Gasteiger charge is -2.10. The van der Waals surface area contributed by atoms with Crippen LogP contribution in [-0.2, 0) is 11.0 Å². The molecular weight excluding hydrogens is 309 g/mol. The second kappa shape index (κ2) is 6.64. The number of aromatic nitrogens is 2. The lowest BCUT2D eigenvalue weighted by Crippen LogP contribution is -2.17. The minimum atomic E-state index is -4.51. The summed E-state index contributed by atoms with van der Waals surface area (Å²) in [6.45, 7) is 3.57. The topological polar surface area (TPSA) is 66.9 Å². The summed E-state index contributed by atoms with van der Waals surface area (Å²) < 4.78 is 37.2. The molecule has 8 heteroatoms. The van der Waals surface area contributed by atoms with E-state index in [9.17, 15) is 18.0 Å². The maximum atomic E-state index is 12.4. The Bertz CT molecular complexity index is 667. The summed E-state index contributed by atoms with van der Waals surface area (Å²) in [5, 5.41) is 12.2. The van der Waals surface area contributed by atoms with Gasteiger partial charge in [-0.25, -0.2) is 0 Å². The molecule has 0 radical (unpaired) electrons. The number of anilines is 3. The number of nitrogens with one attached hydrogen (secondary N) is 2. The molecule has 0 bridgehead atoms. The van der Waals surface area contributed by atoms with Crippen LogP contribution in [0.5, 0.6) is 0 Å². The monoisotopic (exact) mass is 324 g/mol. The Hall–Kier alpha value is -2.64. The van der Waals surface area contributed by atoms with E-state index >= 15 is 0 Å². The molecule has 2 aromatic rings. The van der Waals surface area contributed by atoms with Crippen molar-refractivity contribution in [3.8, 4) is 0 Å². The van der Waals surface area contributed by atoms with Gasteiger partial charge in [-0.15, -0.1) is 10.2 Å². The predicted octanol–water partition coefficient (Wildman–Crippen LogP) is 3.83. The van der Waals surface area contributed by atoms with Crippen molar-refractivity contribution in [3.63, 3.8) is 0 Å². The molecule has 0 unspecified atom stereocenters. The van der Waals surface area contributed by atoms with E-state index in [1.807, 2.05) is 0 Å². The third-order valence-corrected chi connectivity index (χ3v) is 2.90. The molecule has 0 aliphatic heterocycles. The summed E-state index contributed by atoms with van der Waals surface area (Å²) in [5.74, 6) is -0.0356. The van der Waals surface area contributed by atoms with Crippen LogP contribution in [-0.4, -0.2) is 16.1 Å². The van der Waals surface area contributed by atoms with Gasteiger partial charge in [0.05, 0.1) is 0 Å². The van der Waals surface area contributed by atoms with E-state index in [0.717, 1.165) is 6.07 Å². The first-order valence-electron chi connectivity index (χ1n) is 6.84. The standard InChI is InChI=1S/C15H15F3N4O/c1-9(2)14(23)20-11-5-3-10(4-6-11)19-13-8-7-12(21-22-13)15(16,17)18/h3-9H,1-2H3,(H,19,22)(H,20,23). The number of alkyl halides is 3. The van der Waals surface area contributed by atoms with Crippen molar-refractivity contribution in [1.82, 2.24) is 10.2 Å². The van der Waals surface area contributed by atoms with Gasteiger partial charge in [0.2, 0.25) is 5.91 Å². The van der Waals surface area contributed by atoms with Gasteiger partial charge in [0.1, 0.15) is 0 Å². The van der Waals surface area contributed by atoms with Crippen molar-refractivity contribution in [2.24, 2.45) is 5.92 Å². The SMILES string of the molecule is CC(C)C(=O)Nc1ccc(Nc2ccc(C(F)(F)F)nn2)cc1. The summed E-state index contributed by atoms with van der Waals surface area (Å²) in [6.07, 6.45) is -4.51. The normalized spacial score (nSPS) is 11.4. The quantitative estimate of drug-likeness (QED) is 0.897. The zero-order valence-electron chi connectivity index (χ0n) is 12.5. The number of amides is 1. The van der Waals surface area contributed by atoms with Crippen LogP contribution in [0.3, 0.4) is 0 Å². The minimum Gasteiger partial charge on any atom is -0.339 e. The molecule has 1 amide bonds. The average Bonchev–Trinajstić information content (AvgIpc) is 2.49. The summed E-state index contributed by atoms with van der Waals surface area (Å²) >= 11 is 0. The maximum Gasteiger partial charge on any atom is 0.435 e. The van der Waals surface area contributed by atoms with Crippen molar-refractivity contribution in [1.29, 1.82) is 0 Å². The first-order valence-corrected chi connectivity index (χ1v) is 6.84. The molecule has 0 saturated heterocycles. The fourth-order valence-corrected chi connectivity index (χ4v) is 1.62. The highest BCUT2D eigenvalue weighted by atomic mass is 19.4. The van der Waals surface area contributed by atoms with Crippen LogP contribution < -0.4 is 10.6 Å². The molecule has 2 rings (SSSR count). The van der Waals surface area contributed by atoms with E-state index in [4.69, 9.17) is 0 Å². The Labute approximate surface area is 130 Å². The molecule has 1 aromatic heterocycles. The van der Waals surface area contributed by atoms with Crippen molar-refractivity contribution in [3.05, 3.63) is 42.1 Å². The molecule has 1 aromatic carbocycles. The highest BCUT2D eigenvalue weighted by Gasteiger charge is 2.32. The van der Waals surface area contributed by atoms with Crippen molar-refractivity contribution in [2.45, 2.75) is 20.0 Å². The van der Waals surface area contributed by atoms with Gasteiger partial charge in [-0.3, -0.25) is 4.79 Å². The van der Waals surface area contributed by atoms with E-state index in [0.29, 0.717) is 11.4 Å². The largest absolute Gasteiger partial charge is 0.435 e. The molecule has 0 saturated carbocycles. The molecule has 23 heavy (non-hydrogen) atoms. The lowest BCUT2D eigenvalue weighted by molar-refractivity contribution is -0.141. The van der Waals surface area contributed by atoms with E-state index < -0.39 is 11.9 Å². The maximum absolute atomic E-state index is 12.4. The number of hydrogen-bond acceptors (Lipinski definition) is 4. The Morgan fingerprint density at radius 2 is 1.61 bits per heavy atom. The fraction of sp³-hybridized carbons (Fsp3) is 0.267. The number of halogens is 3. The van der Waals surface area contributed by atoms with Crippen molar-refractivity contribution < 1.29 is 18.0 Å². The molecule has 0 spiro atoms. The third-order valence-electron chi connectivity index (χ3n) is 2.90. The van der Waals surface area contributed by atoms with Crippen molar-refractivity contribution in [2.75, 3.05) is 10.6 Å². The number of carbonyl (C=O) groups excluding carboxylic acids is 1. The van der Waals surface area contributed by atoms with E-state index in [1.54, 1.807) is 38.1 Å². The summed E-state index contributed by atoms with van der Waals surface area (Å²) in [7, 11) is 0. The summed E-state index contributed by atoms with van der Waals surface area (Å²) in [4.78, 5) is 11.6. The second-order valence-corrected chi connectivity index (χ2v) is 5.15. The smallest absolute Gasteiger partial charge is 0.339 e. The molecule has 2 N–H and O–H groups in total. The Morgan fingerprint density at radius 3 is 2.09 bits per heavy atom. The van der Waals surface area contributed by atoms with Gasteiger partial charge in [-0.05, 0) is 36.4 Å². The molecule has 1 heterocycles. The predicted molar refractivity (Wildman–Crippen MR) is 80.2 cm³/mol. The Morgan fingerprint density at radius 1 is 1.00 bits per heavy atom. The van der Waals surface area contributed by atoms with Gasteiger partial charge < -0.3 is 10.6 Å². The van der Waals surface area contributed by atoms with Crippen LogP contribution in [0.15, 0.2) is 36.4 Å². The molecular formula is C15H15F3N4O. The van der Waals surface area contributed by atoms with Crippen LogP contribution in [0.4, 0.5) is 30.4 Å². The van der Waals surface area contributed by atoms with Gasteiger partial charge in [-0.2, -0.15) is 13.2 Å². The van der Waals surface area contributed by atoms with Gasteiger partial charge in [0, 0.05) is 17.3 Å². The summed E-state index contributed by atoms with van der Waals surface area (Å²) in [5.41, 5.74) is 0.198. The fourth-order valence-electron chi connectivity index (χ4n) is 1.62. The van der Waals surface area contributed by atoms with Crippen LogP contribution in [0.1, 0.15) is 19.5 Å². The highest BCUT2D eigenvalue weighted by Crippen LogP contribution is 2.27. The number of nitrogens with zero attached hydrogens (tertiary/aromatic N) is 2. The molecule has 5 nitrogen and oxygen atoms in total. The first kappa shape index (κ1) is 16.7. The third kappa shape index (κ3) is 4.67. The average molecular weight is 324 g/mol. The van der Waals surface area contributed by atoms with Crippen LogP contribution in [0, 0.1) is 5.92 Å². The molecule has 0 atom stereocenters. The highest BCUT2D eigenvalue weighted by molar-refractivity contribution is 5.92. The van der Waals surface area contributed by atoms with Crippen LogP contribution in [0.2, 0.25) is 0 Å². The second-order valence-electron chi connectivity index (χ2n) is 5.15. The Kier molecular flexibility index (Phi) is 4.83. The number of rotatable bonds is 4. The number of benzene rings is 1. The van der Waals surface area contributed by atoms with E-state index in [2.05, 4.69) is 20.8 Å². The summed E-state index contributed by atoms with van der Waals surface area (Å²) in [6, 6.07) is 8.77.